The van der Waals surface area contributed by atoms with Crippen LogP contribution in [0.15, 0.2) is 24.3 Å². The Morgan fingerprint density at radius 3 is 2.54 bits per heavy atom. The monoisotopic (exact) mass is 174 g/mol. The van der Waals surface area contributed by atoms with Crippen molar-refractivity contribution in [2.45, 2.75) is 6.92 Å². The zero-order chi connectivity index (χ0) is 9.68. The molecule has 1 aromatic carbocycles. The van der Waals surface area contributed by atoms with Crippen LogP contribution in [0.2, 0.25) is 0 Å². The maximum atomic E-state index is 11.0. The third kappa shape index (κ3) is 2.34. The number of ketones is 1. The largest absolute Gasteiger partial charge is 0.494 e. The second-order valence-corrected chi connectivity index (χ2v) is 2.43. The highest BCUT2D eigenvalue weighted by Crippen LogP contribution is 2.11. The second kappa shape index (κ2) is 4.32. The van der Waals surface area contributed by atoms with Crippen LogP contribution in [0.4, 0.5) is 0 Å². The standard InChI is InChI=1S/C11H10O2/c1-3-11(12)9-5-7-10(8-6-9)13-4-2/h1,5-8H,4H2,2H3. The van der Waals surface area contributed by atoms with Crippen molar-refractivity contribution >= 4 is 5.78 Å². The number of benzene rings is 1. The topological polar surface area (TPSA) is 26.3 Å². The van der Waals surface area contributed by atoms with E-state index in [1.165, 1.54) is 0 Å². The van der Waals surface area contributed by atoms with Crippen LogP contribution in [0.3, 0.4) is 0 Å². The summed E-state index contributed by atoms with van der Waals surface area (Å²) in [6.07, 6.45) is 4.97. The van der Waals surface area contributed by atoms with Gasteiger partial charge in [0.25, 0.3) is 0 Å². The fourth-order valence-corrected chi connectivity index (χ4v) is 0.953. The van der Waals surface area contributed by atoms with E-state index in [9.17, 15) is 4.79 Å². The van der Waals surface area contributed by atoms with Crippen molar-refractivity contribution in [3.8, 4) is 18.1 Å². The Morgan fingerprint density at radius 1 is 1.46 bits per heavy atom. The number of hydrogen-bond donors (Lipinski definition) is 0. The van der Waals surface area contributed by atoms with E-state index >= 15 is 0 Å². The van der Waals surface area contributed by atoms with Gasteiger partial charge in [0.05, 0.1) is 6.61 Å². The van der Waals surface area contributed by atoms with Crippen molar-refractivity contribution in [1.29, 1.82) is 0 Å². The van der Waals surface area contributed by atoms with Crippen LogP contribution in [0.5, 0.6) is 5.75 Å². The van der Waals surface area contributed by atoms with Crippen molar-refractivity contribution in [1.82, 2.24) is 0 Å². The molecule has 0 radical (unpaired) electrons. The number of carbonyl (C=O) groups excluding carboxylic acids is 1. The van der Waals surface area contributed by atoms with Gasteiger partial charge < -0.3 is 4.74 Å². The van der Waals surface area contributed by atoms with Crippen molar-refractivity contribution in [3.05, 3.63) is 29.8 Å². The van der Waals surface area contributed by atoms with Gasteiger partial charge in [-0.2, -0.15) is 0 Å². The molecule has 2 nitrogen and oxygen atoms in total. The third-order valence-electron chi connectivity index (χ3n) is 1.56. The Kier molecular flexibility index (Phi) is 3.10. The van der Waals surface area contributed by atoms with Gasteiger partial charge in [-0.3, -0.25) is 4.79 Å². The third-order valence-corrected chi connectivity index (χ3v) is 1.56. The van der Waals surface area contributed by atoms with Crippen LogP contribution >= 0.6 is 0 Å². The first-order valence-corrected chi connectivity index (χ1v) is 4.01. The Hall–Kier alpha value is -1.75. The molecule has 0 amide bonds. The lowest BCUT2D eigenvalue weighted by atomic mass is 10.1. The maximum Gasteiger partial charge on any atom is 0.235 e. The summed E-state index contributed by atoms with van der Waals surface area (Å²) in [5, 5.41) is 0. The Bertz CT molecular complexity index is 330. The fourth-order valence-electron chi connectivity index (χ4n) is 0.953. The SMILES string of the molecule is C#CC(=O)c1ccc(OCC)cc1. The molecule has 0 spiro atoms. The lowest BCUT2D eigenvalue weighted by Crippen LogP contribution is -1.95. The molecule has 0 aliphatic carbocycles. The van der Waals surface area contributed by atoms with Crippen molar-refractivity contribution < 1.29 is 9.53 Å². The number of hydrogen-bond acceptors (Lipinski definition) is 2. The first-order chi connectivity index (χ1) is 6.27. The summed E-state index contributed by atoms with van der Waals surface area (Å²) >= 11 is 0. The minimum Gasteiger partial charge on any atom is -0.494 e. The first-order valence-electron chi connectivity index (χ1n) is 4.01. The fraction of sp³-hybridized carbons (Fsp3) is 0.182. The van der Waals surface area contributed by atoms with E-state index in [4.69, 9.17) is 11.2 Å². The lowest BCUT2D eigenvalue weighted by molar-refractivity contribution is 0.105. The highest BCUT2D eigenvalue weighted by molar-refractivity contribution is 6.08. The summed E-state index contributed by atoms with van der Waals surface area (Å²) in [4.78, 5) is 11.0. The number of carbonyl (C=O) groups is 1. The molecule has 0 atom stereocenters. The molecule has 0 N–H and O–H groups in total. The molecule has 13 heavy (non-hydrogen) atoms. The van der Waals surface area contributed by atoms with E-state index in [0.29, 0.717) is 12.2 Å². The molecule has 2 heteroatoms. The van der Waals surface area contributed by atoms with Gasteiger partial charge in [0, 0.05) is 5.56 Å². The van der Waals surface area contributed by atoms with Crippen LogP contribution in [0.25, 0.3) is 0 Å². The summed E-state index contributed by atoms with van der Waals surface area (Å²) in [7, 11) is 0. The van der Waals surface area contributed by atoms with Crippen LogP contribution < -0.4 is 4.74 Å². The molecule has 0 aromatic heterocycles. The molecule has 0 unspecified atom stereocenters. The first kappa shape index (κ1) is 9.34. The highest BCUT2D eigenvalue weighted by Gasteiger charge is 2.00. The molecular formula is C11H10O2. The highest BCUT2D eigenvalue weighted by atomic mass is 16.5. The van der Waals surface area contributed by atoms with E-state index < -0.39 is 0 Å². The van der Waals surface area contributed by atoms with Gasteiger partial charge in [-0.25, -0.2) is 0 Å². The van der Waals surface area contributed by atoms with Crippen molar-refractivity contribution in [2.75, 3.05) is 6.61 Å². The quantitative estimate of drug-likeness (QED) is 0.397. The molecule has 0 saturated heterocycles. The predicted octanol–water partition coefficient (Wildman–Crippen LogP) is 1.90. The molecule has 0 fully saturated rings. The van der Waals surface area contributed by atoms with Crippen LogP contribution in [-0.4, -0.2) is 12.4 Å². The summed E-state index contributed by atoms with van der Waals surface area (Å²) in [6.45, 7) is 2.52. The second-order valence-electron chi connectivity index (χ2n) is 2.43. The molecule has 0 heterocycles. The van der Waals surface area contributed by atoms with E-state index in [2.05, 4.69) is 5.92 Å². The number of terminal acetylenes is 1. The summed E-state index contributed by atoms with van der Waals surface area (Å²) in [6, 6.07) is 6.78. The van der Waals surface area contributed by atoms with Gasteiger partial charge in [-0.05, 0) is 37.1 Å². The molecule has 0 aliphatic rings. The van der Waals surface area contributed by atoms with Crippen LogP contribution in [0.1, 0.15) is 17.3 Å². The lowest BCUT2D eigenvalue weighted by Gasteiger charge is -2.01. The zero-order valence-corrected chi connectivity index (χ0v) is 7.41. The van der Waals surface area contributed by atoms with Gasteiger partial charge in [0.1, 0.15) is 5.75 Å². The summed E-state index contributed by atoms with van der Waals surface area (Å²) in [5.74, 6) is 2.50. The molecule has 1 aromatic rings. The smallest absolute Gasteiger partial charge is 0.235 e. The average Bonchev–Trinajstić information content (AvgIpc) is 2.18. The maximum absolute atomic E-state index is 11.0. The van der Waals surface area contributed by atoms with Gasteiger partial charge in [-0.15, -0.1) is 6.42 Å². The van der Waals surface area contributed by atoms with Crippen LogP contribution in [-0.2, 0) is 0 Å². The molecular weight excluding hydrogens is 164 g/mol. The number of ether oxygens (including phenoxy) is 1. The summed E-state index contributed by atoms with van der Waals surface area (Å²) in [5.41, 5.74) is 0.519. The van der Waals surface area contributed by atoms with Crippen molar-refractivity contribution in [2.24, 2.45) is 0 Å². The average molecular weight is 174 g/mol. The molecule has 0 saturated carbocycles. The molecule has 0 bridgehead atoms. The predicted molar refractivity (Wildman–Crippen MR) is 50.8 cm³/mol. The molecule has 0 aliphatic heterocycles. The van der Waals surface area contributed by atoms with E-state index in [1.54, 1.807) is 24.3 Å². The van der Waals surface area contributed by atoms with E-state index in [1.807, 2.05) is 6.92 Å². The van der Waals surface area contributed by atoms with Gasteiger partial charge in [-0.1, -0.05) is 0 Å². The normalized spacial score (nSPS) is 8.92. The Morgan fingerprint density at radius 2 is 2.08 bits per heavy atom. The van der Waals surface area contributed by atoms with Gasteiger partial charge >= 0.3 is 0 Å². The minimum atomic E-state index is -0.303. The van der Waals surface area contributed by atoms with E-state index in [0.717, 1.165) is 5.75 Å². The minimum absolute atomic E-state index is 0.303. The summed E-state index contributed by atoms with van der Waals surface area (Å²) < 4.78 is 5.21. The van der Waals surface area contributed by atoms with Crippen molar-refractivity contribution in [3.63, 3.8) is 0 Å². The van der Waals surface area contributed by atoms with Gasteiger partial charge in [0.15, 0.2) is 0 Å². The Labute approximate surface area is 77.5 Å². The number of rotatable bonds is 3. The number of Topliss-reactive ketones (excluding diaryl/α,β-unsaturated/α-hetero) is 1. The van der Waals surface area contributed by atoms with E-state index in [-0.39, 0.29) is 5.78 Å². The van der Waals surface area contributed by atoms with Crippen LogP contribution in [0, 0.1) is 12.3 Å². The molecule has 1 rings (SSSR count). The van der Waals surface area contributed by atoms with Gasteiger partial charge in [0.2, 0.25) is 5.78 Å². The Balaban J connectivity index is 2.82. The zero-order valence-electron chi connectivity index (χ0n) is 7.41. The molecule has 66 valence electrons.